The molecule has 0 radical (unpaired) electrons. The van der Waals surface area contributed by atoms with Crippen molar-refractivity contribution in [3.63, 3.8) is 0 Å². The van der Waals surface area contributed by atoms with Gasteiger partial charge in [-0.3, -0.25) is 0 Å². The fraction of sp³-hybridized carbons (Fsp3) is 0.214. The fourth-order valence-electron chi connectivity index (χ4n) is 2.28. The Morgan fingerprint density at radius 2 is 2.06 bits per heavy atom. The van der Waals surface area contributed by atoms with E-state index in [0.29, 0.717) is 0 Å². The first-order chi connectivity index (χ1) is 7.75. The normalized spacial score (nSPS) is 14.2. The fourth-order valence-corrected chi connectivity index (χ4v) is 3.23. The lowest BCUT2D eigenvalue weighted by Gasteiger charge is -2.06. The van der Waals surface area contributed by atoms with E-state index >= 15 is 0 Å². The Morgan fingerprint density at radius 1 is 1.25 bits per heavy atom. The van der Waals surface area contributed by atoms with E-state index in [1.54, 1.807) is 11.3 Å². The van der Waals surface area contributed by atoms with Crippen LogP contribution < -0.4 is 0 Å². The first-order valence-corrected chi connectivity index (χ1v) is 6.31. The van der Waals surface area contributed by atoms with E-state index in [1.165, 1.54) is 21.7 Å². The van der Waals surface area contributed by atoms with Crippen LogP contribution in [0.4, 0.5) is 0 Å². The molecule has 0 saturated carbocycles. The van der Waals surface area contributed by atoms with Gasteiger partial charge in [-0.2, -0.15) is 0 Å². The summed E-state index contributed by atoms with van der Waals surface area (Å²) in [7, 11) is 0. The Morgan fingerprint density at radius 3 is 2.94 bits per heavy atom. The van der Waals surface area contributed by atoms with Crippen molar-refractivity contribution in [3.05, 3.63) is 57.6 Å². The molecule has 0 bridgehead atoms. The summed E-state index contributed by atoms with van der Waals surface area (Å²) in [6.45, 7) is 6.31. The van der Waals surface area contributed by atoms with Gasteiger partial charge in [0.25, 0.3) is 0 Å². The van der Waals surface area contributed by atoms with E-state index in [2.05, 4.69) is 42.8 Å². The molecular formula is C14H13NS. The summed E-state index contributed by atoms with van der Waals surface area (Å²) in [5.74, 6) is 0. The van der Waals surface area contributed by atoms with Gasteiger partial charge in [-0.25, -0.2) is 4.98 Å². The zero-order chi connectivity index (χ0) is 11.1. The monoisotopic (exact) mass is 227 g/mol. The molecular weight excluding hydrogens is 214 g/mol. The number of thiazole rings is 1. The number of benzene rings is 1. The van der Waals surface area contributed by atoms with Gasteiger partial charge in [0.1, 0.15) is 0 Å². The highest BCUT2D eigenvalue weighted by Gasteiger charge is 2.19. The molecule has 0 spiro atoms. The number of nitrogens with zero attached hydrogens (tertiary/aromatic N) is 1. The molecule has 0 N–H and O–H groups in total. The van der Waals surface area contributed by atoms with Crippen LogP contribution in [0.2, 0.25) is 0 Å². The summed E-state index contributed by atoms with van der Waals surface area (Å²) >= 11 is 1.76. The molecule has 1 heterocycles. The standard InChI is InChI=1S/C14H13NS/c1-9-12-6-4-3-5-11(12)7-8-13-14(9)16-10(2)15-13/h3-6H,1,7-8H2,2H3. The largest absolute Gasteiger partial charge is 0.246 e. The molecule has 1 aromatic carbocycles. The molecule has 0 saturated heterocycles. The number of aromatic nitrogens is 1. The van der Waals surface area contributed by atoms with E-state index < -0.39 is 0 Å². The van der Waals surface area contributed by atoms with Gasteiger partial charge in [0.15, 0.2) is 0 Å². The van der Waals surface area contributed by atoms with Crippen molar-refractivity contribution in [3.8, 4) is 0 Å². The quantitative estimate of drug-likeness (QED) is 0.670. The molecule has 80 valence electrons. The summed E-state index contributed by atoms with van der Waals surface area (Å²) in [5, 5.41) is 1.14. The molecule has 0 amide bonds. The summed E-state index contributed by atoms with van der Waals surface area (Å²) < 4.78 is 0. The van der Waals surface area contributed by atoms with Gasteiger partial charge in [-0.1, -0.05) is 30.8 Å². The third-order valence-electron chi connectivity index (χ3n) is 3.05. The molecule has 0 atom stereocenters. The molecule has 0 unspecified atom stereocenters. The van der Waals surface area contributed by atoms with E-state index in [4.69, 9.17) is 0 Å². The summed E-state index contributed by atoms with van der Waals surface area (Å²) in [4.78, 5) is 5.88. The number of hydrogen-bond acceptors (Lipinski definition) is 2. The Balaban J connectivity index is 2.21. The molecule has 2 aromatic rings. The molecule has 1 aromatic heterocycles. The second-order valence-electron chi connectivity index (χ2n) is 4.14. The first kappa shape index (κ1) is 9.79. The topological polar surface area (TPSA) is 12.9 Å². The van der Waals surface area contributed by atoms with E-state index in [1.807, 2.05) is 0 Å². The van der Waals surface area contributed by atoms with Gasteiger partial charge in [0.05, 0.1) is 15.6 Å². The van der Waals surface area contributed by atoms with Gasteiger partial charge in [0.2, 0.25) is 0 Å². The number of hydrogen-bond donors (Lipinski definition) is 0. The minimum atomic E-state index is 1.04. The average molecular weight is 227 g/mol. The van der Waals surface area contributed by atoms with E-state index in [-0.39, 0.29) is 0 Å². The highest BCUT2D eigenvalue weighted by Crippen LogP contribution is 2.35. The van der Waals surface area contributed by atoms with Gasteiger partial charge in [0, 0.05) is 0 Å². The maximum absolute atomic E-state index is 4.60. The number of rotatable bonds is 0. The summed E-state index contributed by atoms with van der Waals surface area (Å²) in [6, 6.07) is 8.55. The first-order valence-electron chi connectivity index (χ1n) is 5.49. The van der Waals surface area contributed by atoms with Gasteiger partial charge in [-0.05, 0) is 36.5 Å². The minimum Gasteiger partial charge on any atom is -0.246 e. The van der Waals surface area contributed by atoms with Crippen molar-refractivity contribution >= 4 is 16.9 Å². The summed E-state index contributed by atoms with van der Waals surface area (Å²) in [6.07, 6.45) is 2.11. The third-order valence-corrected chi connectivity index (χ3v) is 4.12. The maximum Gasteiger partial charge on any atom is 0.0903 e. The van der Waals surface area contributed by atoms with Crippen molar-refractivity contribution in [2.75, 3.05) is 0 Å². The smallest absolute Gasteiger partial charge is 0.0903 e. The molecule has 16 heavy (non-hydrogen) atoms. The number of aryl methyl sites for hydroxylation is 3. The zero-order valence-electron chi connectivity index (χ0n) is 9.29. The van der Waals surface area contributed by atoms with Crippen LogP contribution in [-0.4, -0.2) is 4.98 Å². The molecule has 1 nitrogen and oxygen atoms in total. The molecule has 0 fully saturated rings. The Kier molecular flexibility index (Phi) is 2.18. The van der Waals surface area contributed by atoms with Crippen LogP contribution in [0, 0.1) is 6.92 Å². The highest BCUT2D eigenvalue weighted by atomic mass is 32.1. The lowest BCUT2D eigenvalue weighted by atomic mass is 10.0. The van der Waals surface area contributed by atoms with Crippen LogP contribution in [0.15, 0.2) is 30.8 Å². The third kappa shape index (κ3) is 1.41. The zero-order valence-corrected chi connectivity index (χ0v) is 10.1. The van der Waals surface area contributed by atoms with Gasteiger partial charge >= 0.3 is 0 Å². The van der Waals surface area contributed by atoms with Crippen LogP contribution in [0.1, 0.15) is 26.7 Å². The molecule has 1 aliphatic rings. The van der Waals surface area contributed by atoms with Crippen molar-refractivity contribution in [2.24, 2.45) is 0 Å². The Hall–Kier alpha value is -1.41. The van der Waals surface area contributed by atoms with Crippen LogP contribution in [0.3, 0.4) is 0 Å². The Labute approximate surface area is 99.5 Å². The van der Waals surface area contributed by atoms with Gasteiger partial charge < -0.3 is 0 Å². The summed E-state index contributed by atoms with van der Waals surface area (Å²) in [5.41, 5.74) is 5.07. The molecule has 3 rings (SSSR count). The lowest BCUT2D eigenvalue weighted by Crippen LogP contribution is -1.91. The second-order valence-corrected chi connectivity index (χ2v) is 5.35. The Bertz CT molecular complexity index is 566. The van der Waals surface area contributed by atoms with Crippen LogP contribution in [0.25, 0.3) is 5.57 Å². The van der Waals surface area contributed by atoms with Crippen LogP contribution in [-0.2, 0) is 12.8 Å². The van der Waals surface area contributed by atoms with Crippen LogP contribution >= 0.6 is 11.3 Å². The second kappa shape index (κ2) is 3.56. The van der Waals surface area contributed by atoms with Crippen molar-refractivity contribution in [2.45, 2.75) is 19.8 Å². The molecule has 0 aliphatic heterocycles. The van der Waals surface area contributed by atoms with Crippen molar-refractivity contribution in [1.29, 1.82) is 0 Å². The molecule has 1 aliphatic carbocycles. The SMILES string of the molecule is C=C1c2ccccc2CCc2nc(C)sc21. The average Bonchev–Trinajstić information content (AvgIpc) is 2.62. The lowest BCUT2D eigenvalue weighted by molar-refractivity contribution is 0.924. The highest BCUT2D eigenvalue weighted by molar-refractivity contribution is 7.12. The maximum atomic E-state index is 4.60. The molecule has 2 heteroatoms. The predicted molar refractivity (Wildman–Crippen MR) is 68.8 cm³/mol. The van der Waals surface area contributed by atoms with E-state index in [9.17, 15) is 0 Å². The van der Waals surface area contributed by atoms with Crippen LogP contribution in [0.5, 0.6) is 0 Å². The predicted octanol–water partition coefficient (Wildman–Crippen LogP) is 3.61. The van der Waals surface area contributed by atoms with Crippen molar-refractivity contribution in [1.82, 2.24) is 4.98 Å². The minimum absolute atomic E-state index is 1.04. The van der Waals surface area contributed by atoms with Crippen molar-refractivity contribution < 1.29 is 0 Å². The van der Waals surface area contributed by atoms with Gasteiger partial charge in [-0.15, -0.1) is 11.3 Å². The number of fused-ring (bicyclic) bond motifs is 2. The van der Waals surface area contributed by atoms with E-state index in [0.717, 1.165) is 23.4 Å².